The highest BCUT2D eigenvalue weighted by Gasteiger charge is 2.40. The molecule has 0 bridgehead atoms. The quantitative estimate of drug-likeness (QED) is 0.616. The minimum atomic E-state index is -0.720. The molecule has 1 N–H and O–H groups in total. The number of carbonyl (C=O) groups is 3. The van der Waals surface area contributed by atoms with Crippen LogP contribution in [0.5, 0.6) is 0 Å². The number of amides is 2. The third-order valence-electron chi connectivity index (χ3n) is 3.16. The lowest BCUT2D eigenvalue weighted by atomic mass is 10.1. The van der Waals surface area contributed by atoms with Gasteiger partial charge in [-0.3, -0.25) is 9.63 Å². The van der Waals surface area contributed by atoms with Crippen molar-refractivity contribution in [1.29, 1.82) is 0 Å². The summed E-state index contributed by atoms with van der Waals surface area (Å²) in [5.74, 6) is -1.01. The lowest BCUT2D eigenvalue weighted by Crippen LogP contribution is -2.63. The lowest BCUT2D eigenvalue weighted by molar-refractivity contribution is -0.219. The van der Waals surface area contributed by atoms with E-state index in [4.69, 9.17) is 14.3 Å². The van der Waals surface area contributed by atoms with Gasteiger partial charge in [-0.25, -0.2) is 14.7 Å². The molecule has 8 heteroatoms. The van der Waals surface area contributed by atoms with E-state index >= 15 is 0 Å². The van der Waals surface area contributed by atoms with Crippen LogP contribution in [0.25, 0.3) is 0 Å². The van der Waals surface area contributed by atoms with Gasteiger partial charge in [0.2, 0.25) is 0 Å². The number of esters is 1. The first kappa shape index (κ1) is 18.7. The Balaban J connectivity index is 1.65. The van der Waals surface area contributed by atoms with Gasteiger partial charge in [-0.05, 0) is 26.3 Å². The molecule has 1 aromatic rings. The van der Waals surface area contributed by atoms with Crippen LogP contribution in [0.15, 0.2) is 30.3 Å². The average Bonchev–Trinajstić information content (AvgIpc) is 2.54. The maximum atomic E-state index is 11.8. The van der Waals surface area contributed by atoms with Crippen molar-refractivity contribution in [2.24, 2.45) is 0 Å². The van der Waals surface area contributed by atoms with Crippen LogP contribution in [0.3, 0.4) is 0 Å². The van der Waals surface area contributed by atoms with Crippen LogP contribution in [0.2, 0.25) is 0 Å². The standard InChI is InChI=1S/C17H22N2O6/c1-17(2,3)25-14(20)11-24-19-9-13(15(19)21)18-16(22)23-10-12-7-5-4-6-8-12/h4-8,13H,9-11H2,1-3H3,(H,18,22)/t13-/m0/s1. The van der Waals surface area contributed by atoms with Gasteiger partial charge in [0.25, 0.3) is 5.91 Å². The fraction of sp³-hybridized carbons (Fsp3) is 0.471. The van der Waals surface area contributed by atoms with E-state index in [2.05, 4.69) is 5.32 Å². The molecule has 1 heterocycles. The van der Waals surface area contributed by atoms with Crippen LogP contribution < -0.4 is 5.32 Å². The van der Waals surface area contributed by atoms with E-state index in [1.807, 2.05) is 30.3 Å². The van der Waals surface area contributed by atoms with Crippen molar-refractivity contribution in [3.05, 3.63) is 35.9 Å². The van der Waals surface area contributed by atoms with E-state index in [0.717, 1.165) is 10.6 Å². The molecule has 1 aliphatic heterocycles. The molecular formula is C17H22N2O6. The molecule has 136 valence electrons. The highest BCUT2D eigenvalue weighted by atomic mass is 16.7. The third-order valence-corrected chi connectivity index (χ3v) is 3.16. The number of hydroxylamine groups is 2. The van der Waals surface area contributed by atoms with Crippen molar-refractivity contribution in [2.75, 3.05) is 13.2 Å². The first-order valence-electron chi connectivity index (χ1n) is 7.88. The zero-order chi connectivity index (χ0) is 18.4. The number of benzene rings is 1. The first-order valence-corrected chi connectivity index (χ1v) is 7.88. The Morgan fingerprint density at radius 2 is 1.92 bits per heavy atom. The molecule has 1 aromatic carbocycles. The summed E-state index contributed by atoms with van der Waals surface area (Å²) < 4.78 is 10.1. The largest absolute Gasteiger partial charge is 0.458 e. The zero-order valence-corrected chi connectivity index (χ0v) is 14.5. The van der Waals surface area contributed by atoms with Gasteiger partial charge < -0.3 is 14.8 Å². The molecule has 1 atom stereocenters. The monoisotopic (exact) mass is 350 g/mol. The second kappa shape index (κ2) is 7.98. The maximum Gasteiger partial charge on any atom is 0.408 e. The van der Waals surface area contributed by atoms with Crippen LogP contribution in [0.4, 0.5) is 4.79 Å². The highest BCUT2D eigenvalue weighted by Crippen LogP contribution is 2.12. The fourth-order valence-corrected chi connectivity index (χ4v) is 2.03. The minimum Gasteiger partial charge on any atom is -0.458 e. The van der Waals surface area contributed by atoms with Crippen molar-refractivity contribution < 1.29 is 28.7 Å². The minimum absolute atomic E-state index is 0.118. The number of nitrogens with zero attached hydrogens (tertiary/aromatic N) is 1. The number of rotatable bonds is 6. The molecule has 2 amide bonds. The van der Waals surface area contributed by atoms with Gasteiger partial charge in [-0.1, -0.05) is 30.3 Å². The Hall–Kier alpha value is -2.61. The Labute approximate surface area is 146 Å². The predicted octanol–water partition coefficient (Wildman–Crippen LogP) is 1.40. The van der Waals surface area contributed by atoms with Gasteiger partial charge in [0.15, 0.2) is 6.61 Å². The summed E-state index contributed by atoms with van der Waals surface area (Å²) in [6.07, 6.45) is -0.686. The number of carbonyl (C=O) groups excluding carboxylic acids is 3. The van der Waals surface area contributed by atoms with Gasteiger partial charge >= 0.3 is 12.1 Å². The summed E-state index contributed by atoms with van der Waals surface area (Å²) in [6.45, 7) is 5.10. The van der Waals surface area contributed by atoms with Crippen molar-refractivity contribution in [2.45, 2.75) is 39.0 Å². The Kier molecular flexibility index (Phi) is 5.97. The van der Waals surface area contributed by atoms with Crippen LogP contribution in [-0.2, 0) is 30.5 Å². The average molecular weight is 350 g/mol. The highest BCUT2D eigenvalue weighted by molar-refractivity contribution is 5.90. The molecule has 0 spiro atoms. The third kappa shape index (κ3) is 6.07. The van der Waals surface area contributed by atoms with E-state index in [-0.39, 0.29) is 19.8 Å². The van der Waals surface area contributed by atoms with Crippen molar-refractivity contribution in [3.63, 3.8) is 0 Å². The fourth-order valence-electron chi connectivity index (χ4n) is 2.03. The molecular weight excluding hydrogens is 328 g/mol. The van der Waals surface area contributed by atoms with E-state index in [9.17, 15) is 14.4 Å². The summed E-state index contributed by atoms with van der Waals surface area (Å²) in [4.78, 5) is 40.1. The van der Waals surface area contributed by atoms with E-state index in [0.29, 0.717) is 0 Å². The molecule has 0 unspecified atom stereocenters. The van der Waals surface area contributed by atoms with E-state index < -0.39 is 29.6 Å². The van der Waals surface area contributed by atoms with Gasteiger partial charge in [0, 0.05) is 0 Å². The van der Waals surface area contributed by atoms with Gasteiger partial charge in [-0.2, -0.15) is 0 Å². The lowest BCUT2D eigenvalue weighted by Gasteiger charge is -2.36. The smallest absolute Gasteiger partial charge is 0.408 e. The Bertz CT molecular complexity index is 626. The number of alkyl carbamates (subject to hydrolysis) is 1. The predicted molar refractivity (Wildman–Crippen MR) is 87.1 cm³/mol. The molecule has 2 rings (SSSR count). The number of nitrogens with one attached hydrogen (secondary N) is 1. The number of hydrogen-bond acceptors (Lipinski definition) is 6. The zero-order valence-electron chi connectivity index (χ0n) is 14.5. The second-order valence-corrected chi connectivity index (χ2v) is 6.52. The van der Waals surface area contributed by atoms with Gasteiger partial charge in [-0.15, -0.1) is 0 Å². The molecule has 0 saturated carbocycles. The van der Waals surface area contributed by atoms with E-state index in [1.165, 1.54) is 0 Å². The van der Waals surface area contributed by atoms with Crippen LogP contribution >= 0.6 is 0 Å². The topological polar surface area (TPSA) is 94.2 Å². The molecule has 0 radical (unpaired) electrons. The molecule has 1 fully saturated rings. The first-order chi connectivity index (χ1) is 11.7. The second-order valence-electron chi connectivity index (χ2n) is 6.52. The Morgan fingerprint density at radius 3 is 2.52 bits per heavy atom. The summed E-state index contributed by atoms with van der Waals surface area (Å²) in [5, 5.41) is 3.45. The molecule has 0 aliphatic carbocycles. The SMILES string of the molecule is CC(C)(C)OC(=O)CON1C[C@H](NC(=O)OCc2ccccc2)C1=O. The van der Waals surface area contributed by atoms with Crippen LogP contribution in [0, 0.1) is 0 Å². The van der Waals surface area contributed by atoms with Crippen molar-refractivity contribution >= 4 is 18.0 Å². The maximum absolute atomic E-state index is 11.8. The molecule has 1 saturated heterocycles. The van der Waals surface area contributed by atoms with Gasteiger partial charge in [0.1, 0.15) is 18.2 Å². The number of hydrogen-bond donors (Lipinski definition) is 1. The molecule has 25 heavy (non-hydrogen) atoms. The summed E-state index contributed by atoms with van der Waals surface area (Å²) in [6, 6.07) is 8.48. The van der Waals surface area contributed by atoms with Gasteiger partial charge in [0.05, 0.1) is 6.54 Å². The number of ether oxygens (including phenoxy) is 2. The summed E-state index contributed by atoms with van der Waals surface area (Å²) in [7, 11) is 0. The number of β-lactam (4-membered cyclic amide) rings is 1. The van der Waals surface area contributed by atoms with Crippen LogP contribution in [0.1, 0.15) is 26.3 Å². The molecule has 0 aromatic heterocycles. The molecule has 1 aliphatic rings. The van der Waals surface area contributed by atoms with Crippen molar-refractivity contribution in [3.8, 4) is 0 Å². The van der Waals surface area contributed by atoms with Crippen molar-refractivity contribution in [1.82, 2.24) is 10.4 Å². The molecule has 8 nitrogen and oxygen atoms in total. The summed E-state index contributed by atoms with van der Waals surface area (Å²) in [5.41, 5.74) is 0.228. The summed E-state index contributed by atoms with van der Waals surface area (Å²) >= 11 is 0. The van der Waals surface area contributed by atoms with Crippen LogP contribution in [-0.4, -0.2) is 47.8 Å². The normalized spacial score (nSPS) is 16.8. The Morgan fingerprint density at radius 1 is 1.24 bits per heavy atom. The van der Waals surface area contributed by atoms with E-state index in [1.54, 1.807) is 20.8 Å².